The number of carbonyl (C=O) groups excluding carboxylic acids is 2. The molecule has 6 heteroatoms. The summed E-state index contributed by atoms with van der Waals surface area (Å²) in [7, 11) is 0. The lowest BCUT2D eigenvalue weighted by Gasteiger charge is -2.32. The summed E-state index contributed by atoms with van der Waals surface area (Å²) < 4.78 is 4.59. The Bertz CT molecular complexity index is 636. The molecular formula is C16H19N3O3. The average Bonchev–Trinajstić information content (AvgIpc) is 3.00. The topological polar surface area (TPSA) is 84.2 Å². The van der Waals surface area contributed by atoms with Crippen molar-refractivity contribution in [3.63, 3.8) is 0 Å². The first-order valence-electron chi connectivity index (χ1n) is 6.99. The minimum Gasteiger partial charge on any atom is -0.363 e. The Morgan fingerprint density at radius 1 is 1.14 bits per heavy atom. The standard InChI is InChI=1S/C16H19N3O3/c1-11(16(2,3)12-7-5-4-6-8-12)17-14(20)15(21)18-13-9-10-22-19-13/h4-11H,1-3H3,(H,17,20)(H,18,19,21)/t11-/m0/s1. The summed E-state index contributed by atoms with van der Waals surface area (Å²) in [6.07, 6.45) is 1.31. The van der Waals surface area contributed by atoms with Crippen molar-refractivity contribution in [2.45, 2.75) is 32.2 Å². The van der Waals surface area contributed by atoms with Gasteiger partial charge in [-0.15, -0.1) is 0 Å². The number of nitrogens with zero attached hydrogens (tertiary/aromatic N) is 1. The zero-order chi connectivity index (χ0) is 16.2. The summed E-state index contributed by atoms with van der Waals surface area (Å²) in [5, 5.41) is 8.61. The van der Waals surface area contributed by atoms with Gasteiger partial charge >= 0.3 is 11.8 Å². The van der Waals surface area contributed by atoms with Crippen molar-refractivity contribution >= 4 is 17.6 Å². The second-order valence-electron chi connectivity index (χ2n) is 5.62. The number of anilines is 1. The highest BCUT2D eigenvalue weighted by atomic mass is 16.5. The van der Waals surface area contributed by atoms with E-state index in [0.29, 0.717) is 0 Å². The summed E-state index contributed by atoms with van der Waals surface area (Å²) in [4.78, 5) is 23.8. The number of nitrogens with one attached hydrogen (secondary N) is 2. The highest BCUT2D eigenvalue weighted by molar-refractivity contribution is 6.39. The lowest BCUT2D eigenvalue weighted by Crippen LogP contribution is -2.48. The predicted octanol–water partition coefficient (Wildman–Crippen LogP) is 2.10. The maximum Gasteiger partial charge on any atom is 0.314 e. The van der Waals surface area contributed by atoms with Gasteiger partial charge in [0.15, 0.2) is 5.82 Å². The van der Waals surface area contributed by atoms with Gasteiger partial charge in [0.2, 0.25) is 0 Å². The van der Waals surface area contributed by atoms with Crippen LogP contribution in [0.2, 0.25) is 0 Å². The van der Waals surface area contributed by atoms with Gasteiger partial charge in [0.05, 0.1) is 0 Å². The fourth-order valence-electron chi connectivity index (χ4n) is 2.01. The Kier molecular flexibility index (Phi) is 4.60. The van der Waals surface area contributed by atoms with Crippen molar-refractivity contribution in [3.8, 4) is 0 Å². The highest BCUT2D eigenvalue weighted by Gasteiger charge is 2.30. The Morgan fingerprint density at radius 2 is 1.82 bits per heavy atom. The molecule has 2 amide bonds. The van der Waals surface area contributed by atoms with Crippen LogP contribution < -0.4 is 10.6 Å². The van der Waals surface area contributed by atoms with Gasteiger partial charge in [0, 0.05) is 17.5 Å². The van der Waals surface area contributed by atoms with Crippen LogP contribution in [0.15, 0.2) is 47.2 Å². The zero-order valence-electron chi connectivity index (χ0n) is 12.8. The number of carbonyl (C=O) groups is 2. The first kappa shape index (κ1) is 15.8. The zero-order valence-corrected chi connectivity index (χ0v) is 12.8. The van der Waals surface area contributed by atoms with Crippen LogP contribution in [-0.4, -0.2) is 23.0 Å². The smallest absolute Gasteiger partial charge is 0.314 e. The van der Waals surface area contributed by atoms with Crippen molar-refractivity contribution < 1.29 is 14.1 Å². The summed E-state index contributed by atoms with van der Waals surface area (Å²) in [6, 6.07) is 11.1. The van der Waals surface area contributed by atoms with Gasteiger partial charge < -0.3 is 9.84 Å². The van der Waals surface area contributed by atoms with Gasteiger partial charge in [-0.25, -0.2) is 0 Å². The lowest BCUT2D eigenvalue weighted by atomic mass is 9.78. The monoisotopic (exact) mass is 301 g/mol. The van der Waals surface area contributed by atoms with E-state index in [4.69, 9.17) is 0 Å². The predicted molar refractivity (Wildman–Crippen MR) is 82.2 cm³/mol. The van der Waals surface area contributed by atoms with Crippen LogP contribution in [0.5, 0.6) is 0 Å². The third-order valence-electron chi connectivity index (χ3n) is 3.83. The minimum atomic E-state index is -0.774. The Balaban J connectivity index is 2.00. The summed E-state index contributed by atoms with van der Waals surface area (Å²) in [5.41, 5.74) is 0.769. The number of benzene rings is 1. The molecule has 116 valence electrons. The number of aromatic nitrogens is 1. The number of hydrogen-bond donors (Lipinski definition) is 2. The van der Waals surface area contributed by atoms with Gasteiger partial charge in [0.1, 0.15) is 6.26 Å². The highest BCUT2D eigenvalue weighted by Crippen LogP contribution is 2.26. The van der Waals surface area contributed by atoms with Crippen LogP contribution in [0.3, 0.4) is 0 Å². The largest absolute Gasteiger partial charge is 0.363 e. The molecule has 2 N–H and O–H groups in total. The van der Waals surface area contributed by atoms with Gasteiger partial charge in [0.25, 0.3) is 0 Å². The van der Waals surface area contributed by atoms with Crippen LogP contribution >= 0.6 is 0 Å². The maximum absolute atomic E-state index is 12.0. The Labute approximate surface area is 128 Å². The van der Waals surface area contributed by atoms with E-state index in [1.54, 1.807) is 0 Å². The molecule has 2 aromatic rings. The second kappa shape index (κ2) is 6.43. The van der Waals surface area contributed by atoms with Gasteiger partial charge in [-0.3, -0.25) is 14.9 Å². The number of rotatable bonds is 4. The molecule has 22 heavy (non-hydrogen) atoms. The molecule has 1 aromatic heterocycles. The maximum atomic E-state index is 12.0. The first-order valence-corrected chi connectivity index (χ1v) is 6.99. The van der Waals surface area contributed by atoms with Gasteiger partial charge in [-0.1, -0.05) is 49.3 Å². The molecule has 0 aliphatic heterocycles. The molecular weight excluding hydrogens is 282 g/mol. The molecule has 0 saturated carbocycles. The molecule has 0 bridgehead atoms. The Morgan fingerprint density at radius 3 is 2.41 bits per heavy atom. The molecule has 1 atom stereocenters. The quantitative estimate of drug-likeness (QED) is 0.847. The number of amides is 2. The van der Waals surface area contributed by atoms with E-state index in [1.807, 2.05) is 51.1 Å². The molecule has 1 aromatic carbocycles. The first-order chi connectivity index (χ1) is 10.4. The SMILES string of the molecule is C[C@H](NC(=O)C(=O)Nc1ccon1)C(C)(C)c1ccccc1. The normalized spacial score (nSPS) is 12.5. The van der Waals surface area contributed by atoms with E-state index in [2.05, 4.69) is 20.3 Å². The van der Waals surface area contributed by atoms with Crippen LogP contribution in [0.4, 0.5) is 5.82 Å². The summed E-state index contributed by atoms with van der Waals surface area (Å²) in [6.45, 7) is 5.90. The molecule has 0 unspecified atom stereocenters. The average molecular weight is 301 g/mol. The van der Waals surface area contributed by atoms with E-state index < -0.39 is 11.8 Å². The van der Waals surface area contributed by atoms with Crippen LogP contribution in [0, 0.1) is 0 Å². The molecule has 0 fully saturated rings. The van der Waals surface area contributed by atoms with Gasteiger partial charge in [-0.05, 0) is 12.5 Å². The summed E-state index contributed by atoms with van der Waals surface area (Å²) in [5.74, 6) is -1.28. The molecule has 0 aliphatic rings. The van der Waals surface area contributed by atoms with Crippen molar-refractivity contribution in [3.05, 3.63) is 48.2 Å². The van der Waals surface area contributed by atoms with Crippen molar-refractivity contribution in [1.29, 1.82) is 0 Å². The van der Waals surface area contributed by atoms with Crippen molar-refractivity contribution in [2.75, 3.05) is 5.32 Å². The fraction of sp³-hybridized carbons (Fsp3) is 0.312. The molecule has 0 aliphatic carbocycles. The lowest BCUT2D eigenvalue weighted by molar-refractivity contribution is -0.136. The molecule has 0 radical (unpaired) electrons. The minimum absolute atomic E-state index is 0.204. The van der Waals surface area contributed by atoms with E-state index in [0.717, 1.165) is 5.56 Å². The fourth-order valence-corrected chi connectivity index (χ4v) is 2.01. The van der Waals surface area contributed by atoms with E-state index >= 15 is 0 Å². The molecule has 2 rings (SSSR count). The van der Waals surface area contributed by atoms with Gasteiger partial charge in [-0.2, -0.15) is 0 Å². The second-order valence-corrected chi connectivity index (χ2v) is 5.62. The number of hydrogen-bond acceptors (Lipinski definition) is 4. The van der Waals surface area contributed by atoms with Crippen LogP contribution in [-0.2, 0) is 15.0 Å². The molecule has 0 saturated heterocycles. The molecule has 6 nitrogen and oxygen atoms in total. The molecule has 1 heterocycles. The van der Waals surface area contributed by atoms with Crippen molar-refractivity contribution in [1.82, 2.24) is 10.5 Å². The van der Waals surface area contributed by atoms with E-state index in [1.165, 1.54) is 12.3 Å². The summed E-state index contributed by atoms with van der Waals surface area (Å²) >= 11 is 0. The Hall–Kier alpha value is -2.63. The van der Waals surface area contributed by atoms with Crippen molar-refractivity contribution in [2.24, 2.45) is 0 Å². The third-order valence-corrected chi connectivity index (χ3v) is 3.83. The van der Waals surface area contributed by atoms with E-state index in [-0.39, 0.29) is 17.3 Å². The van der Waals surface area contributed by atoms with E-state index in [9.17, 15) is 9.59 Å². The third kappa shape index (κ3) is 3.52. The van der Waals surface area contributed by atoms with Crippen LogP contribution in [0.25, 0.3) is 0 Å². The van der Waals surface area contributed by atoms with Crippen LogP contribution in [0.1, 0.15) is 26.3 Å². The molecule has 0 spiro atoms.